The SMILES string of the molecule is C[Si]1(C)c2cc(N(c3cccc(-c4cccc5ccccc45)c3)c3ccc4oc5ccccc5c4c3)ccc2-c2c1ccc1c2oc2ccccc21. The van der Waals surface area contributed by atoms with Crippen LogP contribution in [0.3, 0.4) is 0 Å². The quantitative estimate of drug-likeness (QED) is 0.173. The first kappa shape index (κ1) is 29.4. The molecule has 3 nitrogen and oxygen atoms in total. The van der Waals surface area contributed by atoms with E-state index in [2.05, 4.69) is 170 Å². The zero-order chi connectivity index (χ0) is 34.6. The molecule has 11 rings (SSSR count). The van der Waals surface area contributed by atoms with Gasteiger partial charge in [0.05, 0.1) is 0 Å². The summed E-state index contributed by atoms with van der Waals surface area (Å²) in [5, 5.41) is 9.94. The van der Waals surface area contributed by atoms with Crippen LogP contribution in [0, 0.1) is 0 Å². The number of nitrogens with zero attached hydrogens (tertiary/aromatic N) is 1. The van der Waals surface area contributed by atoms with Crippen molar-refractivity contribution in [1.29, 1.82) is 0 Å². The van der Waals surface area contributed by atoms with Gasteiger partial charge in [-0.25, -0.2) is 0 Å². The third-order valence-corrected chi connectivity index (χ3v) is 14.8. The van der Waals surface area contributed by atoms with Crippen molar-refractivity contribution >= 4 is 90.2 Å². The molecular weight excluding hydrogens is 651 g/mol. The molecular formula is C48H33NO2Si. The Morgan fingerprint density at radius 1 is 0.423 bits per heavy atom. The van der Waals surface area contributed by atoms with E-state index in [0.717, 1.165) is 50.2 Å². The second kappa shape index (κ2) is 10.8. The maximum absolute atomic E-state index is 6.62. The fraction of sp³-hybridized carbons (Fsp3) is 0.0417. The summed E-state index contributed by atoms with van der Waals surface area (Å²) in [6.07, 6.45) is 0. The van der Waals surface area contributed by atoms with Crippen molar-refractivity contribution in [3.05, 3.63) is 164 Å². The third kappa shape index (κ3) is 4.19. The summed E-state index contributed by atoms with van der Waals surface area (Å²) in [4.78, 5) is 2.42. The Kier molecular flexibility index (Phi) is 6.11. The van der Waals surface area contributed by atoms with Crippen molar-refractivity contribution in [2.24, 2.45) is 0 Å². The molecule has 0 amide bonds. The number of benzene rings is 8. The van der Waals surface area contributed by atoms with Gasteiger partial charge in [0.25, 0.3) is 0 Å². The molecule has 8 aromatic carbocycles. The van der Waals surface area contributed by atoms with Gasteiger partial charge in [0, 0.05) is 44.2 Å². The van der Waals surface area contributed by atoms with Crippen LogP contribution in [0.5, 0.6) is 0 Å². The number of furan rings is 2. The smallest absolute Gasteiger partial charge is 0.143 e. The average molecular weight is 684 g/mol. The van der Waals surface area contributed by atoms with Crippen molar-refractivity contribution in [1.82, 2.24) is 0 Å². The maximum Gasteiger partial charge on any atom is 0.143 e. The van der Waals surface area contributed by atoms with Crippen LogP contribution in [-0.4, -0.2) is 8.07 Å². The van der Waals surface area contributed by atoms with E-state index < -0.39 is 8.07 Å². The highest BCUT2D eigenvalue weighted by Gasteiger charge is 2.40. The van der Waals surface area contributed by atoms with E-state index in [1.54, 1.807) is 0 Å². The molecule has 246 valence electrons. The van der Waals surface area contributed by atoms with Crippen LogP contribution in [0.15, 0.2) is 173 Å². The molecule has 0 unspecified atom stereocenters. The molecule has 0 N–H and O–H groups in total. The Morgan fingerprint density at radius 3 is 1.94 bits per heavy atom. The standard InChI is InChI=1S/C48H33NO2Si/c1-52(2)45-26-24-39-37-16-5-8-20-43(37)51-48(39)47(45)40-23-21-34(29-46(40)52)49(33-22-25-44-41(28-33)38-17-6-7-19-42(38)50-44)32-14-9-13-31(27-32)36-18-10-12-30-11-3-4-15-35(30)36/h3-29H,1-2H3. The lowest BCUT2D eigenvalue weighted by Gasteiger charge is -2.28. The van der Waals surface area contributed by atoms with Crippen LogP contribution < -0.4 is 15.3 Å². The topological polar surface area (TPSA) is 29.5 Å². The molecule has 10 aromatic rings. The zero-order valence-corrected chi connectivity index (χ0v) is 29.9. The number of hydrogen-bond donors (Lipinski definition) is 0. The van der Waals surface area contributed by atoms with E-state index in [1.165, 1.54) is 54.2 Å². The number of para-hydroxylation sites is 2. The van der Waals surface area contributed by atoms with Gasteiger partial charge in [-0.3, -0.25) is 0 Å². The van der Waals surface area contributed by atoms with Crippen LogP contribution in [0.25, 0.3) is 76.9 Å². The van der Waals surface area contributed by atoms with Crippen LogP contribution in [0.1, 0.15) is 0 Å². The minimum atomic E-state index is -2.09. The highest BCUT2D eigenvalue weighted by atomic mass is 28.3. The highest BCUT2D eigenvalue weighted by molar-refractivity contribution is 7.04. The predicted molar refractivity (Wildman–Crippen MR) is 221 cm³/mol. The van der Waals surface area contributed by atoms with Gasteiger partial charge >= 0.3 is 0 Å². The van der Waals surface area contributed by atoms with Gasteiger partial charge in [-0.1, -0.05) is 122 Å². The Morgan fingerprint density at radius 2 is 1.08 bits per heavy atom. The minimum absolute atomic E-state index is 0.891. The number of fused-ring (bicyclic) bond motifs is 11. The monoisotopic (exact) mass is 683 g/mol. The summed E-state index contributed by atoms with van der Waals surface area (Å²) < 4.78 is 12.9. The lowest BCUT2D eigenvalue weighted by Crippen LogP contribution is -2.49. The van der Waals surface area contributed by atoms with E-state index >= 15 is 0 Å². The molecule has 2 aromatic heterocycles. The molecule has 4 heteroatoms. The molecule has 0 bridgehead atoms. The van der Waals surface area contributed by atoms with E-state index in [4.69, 9.17) is 8.83 Å². The maximum atomic E-state index is 6.62. The first-order valence-electron chi connectivity index (χ1n) is 17.9. The zero-order valence-electron chi connectivity index (χ0n) is 28.9. The lowest BCUT2D eigenvalue weighted by atomic mass is 9.97. The Labute approximate surface area is 302 Å². The van der Waals surface area contributed by atoms with Crippen molar-refractivity contribution in [2.75, 3.05) is 4.90 Å². The normalized spacial score (nSPS) is 13.3. The van der Waals surface area contributed by atoms with E-state index in [9.17, 15) is 0 Å². The van der Waals surface area contributed by atoms with Crippen molar-refractivity contribution in [2.45, 2.75) is 13.1 Å². The van der Waals surface area contributed by atoms with E-state index in [0.29, 0.717) is 0 Å². The highest BCUT2D eigenvalue weighted by Crippen LogP contribution is 2.44. The third-order valence-electron chi connectivity index (χ3n) is 11.2. The van der Waals surface area contributed by atoms with E-state index in [-0.39, 0.29) is 0 Å². The minimum Gasteiger partial charge on any atom is -0.456 e. The lowest BCUT2D eigenvalue weighted by molar-refractivity contribution is 0.669. The second-order valence-electron chi connectivity index (χ2n) is 14.5. The fourth-order valence-corrected chi connectivity index (χ4v) is 11.8. The van der Waals surface area contributed by atoms with Gasteiger partial charge in [-0.05, 0) is 92.4 Å². The fourth-order valence-electron chi connectivity index (χ4n) is 8.72. The molecule has 52 heavy (non-hydrogen) atoms. The molecule has 0 atom stereocenters. The second-order valence-corrected chi connectivity index (χ2v) is 18.8. The molecule has 0 fully saturated rings. The Hall–Kier alpha value is -6.36. The van der Waals surface area contributed by atoms with Crippen molar-refractivity contribution < 1.29 is 8.83 Å². The molecule has 1 aliphatic rings. The summed E-state index contributed by atoms with van der Waals surface area (Å²) in [6.45, 7) is 4.95. The van der Waals surface area contributed by atoms with Gasteiger partial charge in [-0.2, -0.15) is 0 Å². The molecule has 0 radical (unpaired) electrons. The largest absolute Gasteiger partial charge is 0.456 e. The number of anilines is 3. The first-order valence-corrected chi connectivity index (χ1v) is 20.9. The van der Waals surface area contributed by atoms with E-state index in [1.807, 2.05) is 12.1 Å². The molecule has 0 aliphatic carbocycles. The van der Waals surface area contributed by atoms with Crippen molar-refractivity contribution in [3.8, 4) is 22.3 Å². The summed E-state index contributed by atoms with van der Waals surface area (Å²) in [5.74, 6) is 0. The molecule has 3 heterocycles. The Bertz CT molecular complexity index is 3070. The Balaban J connectivity index is 1.13. The van der Waals surface area contributed by atoms with Crippen LogP contribution in [0.2, 0.25) is 13.1 Å². The van der Waals surface area contributed by atoms with Gasteiger partial charge in [-0.15, -0.1) is 0 Å². The number of rotatable bonds is 4. The first-order chi connectivity index (χ1) is 25.5. The van der Waals surface area contributed by atoms with Gasteiger partial charge < -0.3 is 13.7 Å². The van der Waals surface area contributed by atoms with Crippen LogP contribution in [0.4, 0.5) is 17.1 Å². The summed E-state index contributed by atoms with van der Waals surface area (Å²) in [7, 11) is -2.09. The number of hydrogen-bond acceptors (Lipinski definition) is 3. The molecule has 0 saturated heterocycles. The van der Waals surface area contributed by atoms with Gasteiger partial charge in [0.1, 0.15) is 30.4 Å². The van der Waals surface area contributed by atoms with Crippen LogP contribution >= 0.6 is 0 Å². The molecule has 0 spiro atoms. The van der Waals surface area contributed by atoms with Crippen molar-refractivity contribution in [3.63, 3.8) is 0 Å². The summed E-state index contributed by atoms with van der Waals surface area (Å²) in [5.41, 5.74) is 12.0. The average Bonchev–Trinajstić information content (AvgIpc) is 3.82. The summed E-state index contributed by atoms with van der Waals surface area (Å²) in [6, 6.07) is 59.2. The molecule has 1 aliphatic heterocycles. The molecule has 0 saturated carbocycles. The summed E-state index contributed by atoms with van der Waals surface area (Å²) >= 11 is 0. The van der Waals surface area contributed by atoms with Crippen LogP contribution in [-0.2, 0) is 0 Å². The van der Waals surface area contributed by atoms with Gasteiger partial charge in [0.15, 0.2) is 0 Å². The predicted octanol–water partition coefficient (Wildman–Crippen LogP) is 12.6. The van der Waals surface area contributed by atoms with Gasteiger partial charge in [0.2, 0.25) is 0 Å².